The van der Waals surface area contributed by atoms with Crippen molar-refractivity contribution in [2.24, 2.45) is 0 Å². The van der Waals surface area contributed by atoms with Gasteiger partial charge in [-0.05, 0) is 60.5 Å². The molecule has 5 aromatic carbocycles. The monoisotopic (exact) mass is 1540 g/mol. The molecule has 3 atom stereocenters. The Hall–Kier alpha value is -9.06. The van der Waals surface area contributed by atoms with E-state index in [9.17, 15) is 0 Å². The van der Waals surface area contributed by atoms with Crippen molar-refractivity contribution in [3.05, 3.63) is 265 Å². The first-order valence-electron chi connectivity index (χ1n) is 35.6. The molecule has 3 aliphatic heterocycles. The average molecular weight is 1540 g/mol. The van der Waals surface area contributed by atoms with Crippen LogP contribution in [0.4, 0.5) is 17.1 Å². The van der Waals surface area contributed by atoms with Gasteiger partial charge in [0.25, 0.3) is 0 Å². The number of imidazole rings is 1. The molecule has 0 spiro atoms. The lowest BCUT2D eigenvalue weighted by molar-refractivity contribution is 0.166. The molecular weight excluding hydrogens is 1460 g/mol. The van der Waals surface area contributed by atoms with Gasteiger partial charge in [0.2, 0.25) is 23.6 Å². The number of aryl methyl sites for hydroxylation is 1. The highest BCUT2D eigenvalue weighted by atomic mass is 35.5. The molecule has 12 heterocycles. The second-order valence-corrected chi connectivity index (χ2v) is 30.0. The summed E-state index contributed by atoms with van der Waals surface area (Å²) in [6, 6.07) is 48.6. The van der Waals surface area contributed by atoms with Crippen molar-refractivity contribution in [2.45, 2.75) is 77.0 Å². The van der Waals surface area contributed by atoms with E-state index in [0.717, 1.165) is 188 Å². The first-order chi connectivity index (χ1) is 51.6. The Morgan fingerprint density at radius 1 is 0.415 bits per heavy atom. The SMILES string of the molecule is CC(C)(C)c1nnc(C(c2cc3ccccc3o2)N2CCN(c3c(Cl)cncc3Cl)CC2)o1.CCCCc1nnc(C(c2cc3ccccc3o2)N2CCN(c3c(Cl)cncc3Cl)CC2)o1.Clc1cncc(Cl)c1N1CCN(C(c2cc3ccccc3o2)c2nc3ccccc3n2Cc2ccccc2)CC1. The third-order valence-electron chi connectivity index (χ3n) is 19.5. The quantitative estimate of drug-likeness (QED) is 0.0834. The number of pyridine rings is 3. The van der Waals surface area contributed by atoms with E-state index in [1.54, 1.807) is 37.2 Å². The number of nitrogens with zero attached hydrogens (tertiary/aromatic N) is 15. The van der Waals surface area contributed by atoms with Crippen LogP contribution in [0.25, 0.3) is 43.9 Å². The minimum atomic E-state index is -0.286. The van der Waals surface area contributed by atoms with E-state index in [1.807, 2.05) is 72.8 Å². The van der Waals surface area contributed by atoms with Gasteiger partial charge in [-0.1, -0.05) is 201 Å². The summed E-state index contributed by atoms with van der Waals surface area (Å²) in [6.07, 6.45) is 12.7. The number of halogens is 6. The topological polar surface area (TPSA) is 193 Å². The van der Waals surface area contributed by atoms with Crippen LogP contribution in [0.1, 0.15) is 111 Å². The lowest BCUT2D eigenvalue weighted by atomic mass is 9.97. The third-order valence-corrected chi connectivity index (χ3v) is 21.2. The molecule has 0 N–H and O–H groups in total. The number of fused-ring (bicyclic) bond motifs is 4. The predicted octanol–water partition coefficient (Wildman–Crippen LogP) is 18.9. The second-order valence-electron chi connectivity index (χ2n) is 27.6. The Balaban J connectivity index is 0.000000128. The number of benzene rings is 5. The van der Waals surface area contributed by atoms with E-state index in [2.05, 4.69) is 170 Å². The maximum atomic E-state index is 6.53. The number of furan rings is 3. The molecule has 26 heteroatoms. The fraction of sp³-hybridized carbons (Fsp3) is 0.300. The number of piperazine rings is 3. The van der Waals surface area contributed by atoms with Crippen LogP contribution in [0.2, 0.25) is 30.1 Å². The molecule has 0 bridgehead atoms. The van der Waals surface area contributed by atoms with Crippen molar-refractivity contribution in [1.29, 1.82) is 0 Å². The molecule has 0 amide bonds. The zero-order valence-corrected chi connectivity index (χ0v) is 63.4. The molecule has 106 heavy (non-hydrogen) atoms. The van der Waals surface area contributed by atoms with Crippen LogP contribution in [0.3, 0.4) is 0 Å². The number of unbranched alkanes of at least 4 members (excludes halogenated alkanes) is 1. The van der Waals surface area contributed by atoms with Crippen molar-refractivity contribution in [1.82, 2.24) is 59.6 Å². The van der Waals surface area contributed by atoms with Gasteiger partial charge >= 0.3 is 0 Å². The van der Waals surface area contributed by atoms with Crippen LogP contribution in [0.5, 0.6) is 0 Å². The average Bonchev–Trinajstić information content (AvgIpc) is 1.60. The Morgan fingerprint density at radius 3 is 1.23 bits per heavy atom. The maximum absolute atomic E-state index is 6.53. The lowest BCUT2D eigenvalue weighted by Crippen LogP contribution is -2.48. The molecule has 3 unspecified atom stereocenters. The number of hydrogen-bond donors (Lipinski definition) is 0. The maximum Gasteiger partial charge on any atom is 0.241 e. The summed E-state index contributed by atoms with van der Waals surface area (Å²) >= 11 is 38.6. The molecule has 0 aliphatic carbocycles. The van der Waals surface area contributed by atoms with E-state index >= 15 is 0 Å². The van der Waals surface area contributed by atoms with E-state index in [0.29, 0.717) is 53.7 Å². The van der Waals surface area contributed by atoms with E-state index in [-0.39, 0.29) is 23.5 Å². The molecule has 17 rings (SSSR count). The molecular formula is C80H77Cl6N15O5. The van der Waals surface area contributed by atoms with Gasteiger partial charge < -0.3 is 41.4 Å². The van der Waals surface area contributed by atoms with Crippen LogP contribution in [-0.4, -0.2) is 138 Å². The van der Waals surface area contributed by atoms with Crippen LogP contribution < -0.4 is 14.7 Å². The van der Waals surface area contributed by atoms with Gasteiger partial charge in [-0.3, -0.25) is 29.7 Å². The predicted molar refractivity (Wildman–Crippen MR) is 419 cm³/mol. The van der Waals surface area contributed by atoms with E-state index < -0.39 is 0 Å². The van der Waals surface area contributed by atoms with Gasteiger partial charge in [0, 0.05) is 150 Å². The van der Waals surface area contributed by atoms with Crippen LogP contribution >= 0.6 is 69.6 Å². The molecule has 20 nitrogen and oxygen atoms in total. The number of hydrogen-bond acceptors (Lipinski definition) is 19. The molecule has 0 radical (unpaired) electrons. The summed E-state index contributed by atoms with van der Waals surface area (Å²) in [5.74, 6) is 5.82. The smallest absolute Gasteiger partial charge is 0.241 e. The Kier molecular flexibility index (Phi) is 22.0. The summed E-state index contributed by atoms with van der Waals surface area (Å²) in [5.41, 5.74) is 8.11. The van der Waals surface area contributed by atoms with Crippen LogP contribution in [0.15, 0.2) is 205 Å². The highest BCUT2D eigenvalue weighted by Crippen LogP contribution is 2.42. The normalized spacial score (nSPS) is 15.8. The van der Waals surface area contributed by atoms with Gasteiger partial charge in [-0.25, -0.2) is 4.98 Å². The highest BCUT2D eigenvalue weighted by molar-refractivity contribution is 6.40. The first-order valence-corrected chi connectivity index (χ1v) is 37.8. The summed E-state index contributed by atoms with van der Waals surface area (Å²) in [7, 11) is 0. The number of para-hydroxylation sites is 5. The molecule has 0 saturated carbocycles. The summed E-state index contributed by atoms with van der Waals surface area (Å²) in [4.78, 5) is 31.2. The third kappa shape index (κ3) is 15.7. The number of aromatic nitrogens is 9. The van der Waals surface area contributed by atoms with Crippen molar-refractivity contribution < 1.29 is 22.1 Å². The summed E-state index contributed by atoms with van der Waals surface area (Å²) in [6.45, 7) is 18.1. The molecule has 9 aromatic heterocycles. The minimum absolute atomic E-state index is 0.172. The lowest BCUT2D eigenvalue weighted by Gasteiger charge is -2.39. The minimum Gasteiger partial charge on any atom is -0.459 e. The van der Waals surface area contributed by atoms with Gasteiger partial charge in [0.05, 0.1) is 58.2 Å². The van der Waals surface area contributed by atoms with Gasteiger partial charge in [-0.2, -0.15) is 0 Å². The fourth-order valence-electron chi connectivity index (χ4n) is 14.2. The van der Waals surface area contributed by atoms with Gasteiger partial charge in [-0.15, -0.1) is 20.4 Å². The molecule has 544 valence electrons. The fourth-order valence-corrected chi connectivity index (χ4v) is 16.0. The molecule has 3 saturated heterocycles. The van der Waals surface area contributed by atoms with Crippen LogP contribution in [0, 0.1) is 0 Å². The highest BCUT2D eigenvalue weighted by Gasteiger charge is 2.38. The number of rotatable bonds is 17. The van der Waals surface area contributed by atoms with Gasteiger partial charge in [0.15, 0.2) is 0 Å². The zero-order chi connectivity index (χ0) is 73.0. The Bertz CT molecular complexity index is 5160. The zero-order valence-electron chi connectivity index (χ0n) is 58.9. The number of anilines is 3. The summed E-state index contributed by atoms with van der Waals surface area (Å²) in [5, 5.41) is 24.0. The molecule has 3 fully saturated rings. The van der Waals surface area contributed by atoms with Gasteiger partial charge in [0.1, 0.15) is 58.0 Å². The largest absolute Gasteiger partial charge is 0.459 e. The standard InChI is InChI=1S/C32H27Cl2N5O.2C24H25Cl2N5O2/c33-24-19-35-20-25(34)30(24)37-14-16-38(17-15-37)31(29-18-23-10-4-7-13-28(23)40-29)32-36-26-11-5-6-12-27(26)39(32)21-22-8-2-1-3-9-22;1-24(2,3)23-29-28-22(33-23)21(19-12-15-6-4-5-7-18(15)32-19)31-10-8-30(9-11-31)20-16(25)13-27-14-17(20)26;1-2-3-8-21-28-29-24(33-21)23(20-13-16-6-4-5-7-19(16)32-20)31-11-9-30(10-12-31)22-17(25)14-27-15-18(22)26/h1-13,18-20,31H,14-17,21H2;4-7,12-14,21H,8-11H2,1-3H3;4-7,13-15,23H,2-3,8-12H2,1H3. The van der Waals surface area contributed by atoms with Crippen LogP contribution in [-0.2, 0) is 18.4 Å². The van der Waals surface area contributed by atoms with Crippen molar-refractivity contribution in [3.63, 3.8) is 0 Å². The van der Waals surface area contributed by atoms with Crippen molar-refractivity contribution >= 4 is 131 Å². The van der Waals surface area contributed by atoms with Crippen molar-refractivity contribution in [3.8, 4) is 0 Å². The Labute approximate surface area is 643 Å². The first kappa shape index (κ1) is 72.5. The van der Waals surface area contributed by atoms with Crippen molar-refractivity contribution in [2.75, 3.05) is 93.2 Å². The second kappa shape index (κ2) is 32.2. The summed E-state index contributed by atoms with van der Waals surface area (Å²) < 4.78 is 33.7. The molecule has 3 aliphatic rings. The van der Waals surface area contributed by atoms with E-state index in [1.165, 1.54) is 5.56 Å². The van der Waals surface area contributed by atoms with E-state index in [4.69, 9.17) is 96.7 Å². The molecule has 14 aromatic rings. The Morgan fingerprint density at radius 2 is 0.802 bits per heavy atom.